The molecule has 0 atom stereocenters. The van der Waals surface area contributed by atoms with E-state index in [1.54, 1.807) is 37.2 Å². The van der Waals surface area contributed by atoms with Crippen LogP contribution in [0.25, 0.3) is 33.6 Å². The molecule has 0 fully saturated rings. The van der Waals surface area contributed by atoms with Crippen LogP contribution in [0.3, 0.4) is 0 Å². The lowest BCUT2D eigenvalue weighted by Crippen LogP contribution is -2.00. The van der Waals surface area contributed by atoms with Crippen molar-refractivity contribution in [1.29, 1.82) is 0 Å². The van der Waals surface area contributed by atoms with Crippen molar-refractivity contribution in [1.82, 2.24) is 30.4 Å². The van der Waals surface area contributed by atoms with Crippen molar-refractivity contribution in [3.63, 3.8) is 0 Å². The van der Waals surface area contributed by atoms with E-state index in [2.05, 4.69) is 30.4 Å². The minimum atomic E-state index is 0.755. The lowest BCUT2D eigenvalue weighted by Gasteiger charge is -2.12. The Kier molecular flexibility index (Phi) is 3.69. The summed E-state index contributed by atoms with van der Waals surface area (Å²) in [6, 6.07) is 11.5. The van der Waals surface area contributed by atoms with Gasteiger partial charge in [0.15, 0.2) is 0 Å². The van der Waals surface area contributed by atoms with Crippen molar-refractivity contribution < 1.29 is 0 Å². The van der Waals surface area contributed by atoms with Gasteiger partial charge in [0.05, 0.1) is 0 Å². The summed E-state index contributed by atoms with van der Waals surface area (Å²) in [6.07, 6.45) is 10.4. The van der Waals surface area contributed by atoms with Crippen LogP contribution in [0.1, 0.15) is 0 Å². The summed E-state index contributed by atoms with van der Waals surface area (Å²) in [7, 11) is 0. The number of pyridine rings is 3. The monoisotopic (exact) mass is 312 g/mol. The molecule has 4 heterocycles. The maximum atomic E-state index is 4.29. The van der Waals surface area contributed by atoms with Crippen molar-refractivity contribution in [2.24, 2.45) is 0 Å². The van der Waals surface area contributed by atoms with Crippen LogP contribution >= 0.6 is 0 Å². The smallest absolute Gasteiger partial charge is 0.105 e. The Morgan fingerprint density at radius 3 is 1.25 bits per heavy atom. The fraction of sp³-hybridized carbons (Fsp3) is 0. The Balaban J connectivity index is 2.02. The number of aromatic nitrogens is 6. The average Bonchev–Trinajstić information content (AvgIpc) is 2.69. The fourth-order valence-corrected chi connectivity index (χ4v) is 2.54. The van der Waals surface area contributed by atoms with Crippen LogP contribution in [0.2, 0.25) is 0 Å². The van der Waals surface area contributed by atoms with Crippen molar-refractivity contribution in [3.05, 3.63) is 73.6 Å². The van der Waals surface area contributed by atoms with Crippen LogP contribution in [0.4, 0.5) is 0 Å². The Morgan fingerprint density at radius 1 is 0.458 bits per heavy atom. The van der Waals surface area contributed by atoms with Gasteiger partial charge in [-0.2, -0.15) is 0 Å². The van der Waals surface area contributed by atoms with E-state index < -0.39 is 0 Å². The van der Waals surface area contributed by atoms with Crippen molar-refractivity contribution in [2.45, 2.75) is 0 Å². The molecule has 4 rings (SSSR count). The highest BCUT2D eigenvalue weighted by atomic mass is 15.3. The third-order valence-electron chi connectivity index (χ3n) is 3.64. The SMILES string of the molecule is c1cc(-c2nnnc(-c3ccncc3)c2-c2ccncc2)ccn1. The zero-order valence-electron chi connectivity index (χ0n) is 12.6. The van der Waals surface area contributed by atoms with E-state index in [0.29, 0.717) is 0 Å². The van der Waals surface area contributed by atoms with Crippen molar-refractivity contribution in [3.8, 4) is 33.6 Å². The first kappa shape index (κ1) is 14.1. The molecule has 4 aromatic rings. The van der Waals surface area contributed by atoms with Gasteiger partial charge in [-0.3, -0.25) is 15.0 Å². The van der Waals surface area contributed by atoms with Gasteiger partial charge in [-0.1, -0.05) is 0 Å². The Morgan fingerprint density at radius 2 is 0.833 bits per heavy atom. The Labute approximate surface area is 138 Å². The summed E-state index contributed by atoms with van der Waals surface area (Å²) in [5.41, 5.74) is 5.26. The second-order valence-corrected chi connectivity index (χ2v) is 5.07. The molecule has 0 saturated heterocycles. The van der Waals surface area contributed by atoms with Gasteiger partial charge >= 0.3 is 0 Å². The first-order valence-electron chi connectivity index (χ1n) is 7.38. The van der Waals surface area contributed by atoms with Gasteiger partial charge in [0.1, 0.15) is 11.4 Å². The van der Waals surface area contributed by atoms with Crippen LogP contribution in [0.15, 0.2) is 73.6 Å². The van der Waals surface area contributed by atoms with Gasteiger partial charge in [-0.15, -0.1) is 10.2 Å². The lowest BCUT2D eigenvalue weighted by atomic mass is 9.96. The second kappa shape index (κ2) is 6.29. The van der Waals surface area contributed by atoms with E-state index in [-0.39, 0.29) is 0 Å². The van der Waals surface area contributed by atoms with Crippen LogP contribution in [-0.4, -0.2) is 30.4 Å². The van der Waals surface area contributed by atoms with E-state index in [1.165, 1.54) is 0 Å². The first-order valence-corrected chi connectivity index (χ1v) is 7.38. The maximum absolute atomic E-state index is 4.29. The molecule has 0 spiro atoms. The largest absolute Gasteiger partial charge is 0.265 e. The predicted octanol–water partition coefficient (Wildman–Crippen LogP) is 3.06. The quantitative estimate of drug-likeness (QED) is 0.578. The fourth-order valence-electron chi connectivity index (χ4n) is 2.54. The second-order valence-electron chi connectivity index (χ2n) is 5.07. The summed E-state index contributed by atoms with van der Waals surface area (Å²) in [5.74, 6) is 0. The molecule has 24 heavy (non-hydrogen) atoms. The molecule has 114 valence electrons. The third-order valence-corrected chi connectivity index (χ3v) is 3.64. The summed E-state index contributed by atoms with van der Waals surface area (Å²) < 4.78 is 0. The maximum Gasteiger partial charge on any atom is 0.105 e. The van der Waals surface area contributed by atoms with E-state index in [0.717, 1.165) is 33.6 Å². The van der Waals surface area contributed by atoms with Gasteiger partial charge in [-0.25, -0.2) is 0 Å². The van der Waals surface area contributed by atoms with Crippen LogP contribution in [0, 0.1) is 0 Å². The topological polar surface area (TPSA) is 77.3 Å². The number of nitrogens with zero attached hydrogens (tertiary/aromatic N) is 6. The molecular formula is C18H12N6. The van der Waals surface area contributed by atoms with Gasteiger partial charge in [0.25, 0.3) is 0 Å². The van der Waals surface area contributed by atoms with E-state index in [9.17, 15) is 0 Å². The van der Waals surface area contributed by atoms with Gasteiger partial charge in [0, 0.05) is 53.9 Å². The van der Waals surface area contributed by atoms with E-state index in [4.69, 9.17) is 0 Å². The van der Waals surface area contributed by atoms with Gasteiger partial charge in [0.2, 0.25) is 0 Å². The van der Waals surface area contributed by atoms with Gasteiger partial charge < -0.3 is 0 Å². The first-order chi connectivity index (χ1) is 11.9. The average molecular weight is 312 g/mol. The molecule has 0 N–H and O–H groups in total. The molecule has 0 aliphatic carbocycles. The minimum Gasteiger partial charge on any atom is -0.265 e. The Bertz CT molecular complexity index is 885. The number of rotatable bonds is 3. The van der Waals surface area contributed by atoms with E-state index >= 15 is 0 Å². The zero-order chi connectivity index (χ0) is 16.2. The standard InChI is InChI=1S/C18H12N6/c1-7-19-8-2-13(1)16-17(14-3-9-20-10-4-14)22-24-23-18(16)15-5-11-21-12-6-15/h1-12H. The molecule has 0 saturated carbocycles. The number of hydrogen-bond acceptors (Lipinski definition) is 6. The third kappa shape index (κ3) is 2.61. The molecule has 0 amide bonds. The molecule has 4 aromatic heterocycles. The molecular weight excluding hydrogens is 300 g/mol. The molecule has 0 unspecified atom stereocenters. The minimum absolute atomic E-state index is 0.755. The molecule has 0 bridgehead atoms. The molecule has 6 nitrogen and oxygen atoms in total. The van der Waals surface area contributed by atoms with Crippen molar-refractivity contribution >= 4 is 0 Å². The van der Waals surface area contributed by atoms with Crippen LogP contribution in [-0.2, 0) is 0 Å². The molecule has 6 heteroatoms. The van der Waals surface area contributed by atoms with Crippen LogP contribution < -0.4 is 0 Å². The molecule has 0 radical (unpaired) electrons. The van der Waals surface area contributed by atoms with Crippen LogP contribution in [0.5, 0.6) is 0 Å². The van der Waals surface area contributed by atoms with Gasteiger partial charge in [-0.05, 0) is 47.2 Å². The summed E-state index contributed by atoms with van der Waals surface area (Å²) >= 11 is 0. The highest BCUT2D eigenvalue weighted by Crippen LogP contribution is 2.36. The van der Waals surface area contributed by atoms with E-state index in [1.807, 2.05) is 36.4 Å². The summed E-state index contributed by atoms with van der Waals surface area (Å²) in [4.78, 5) is 12.2. The summed E-state index contributed by atoms with van der Waals surface area (Å²) in [6.45, 7) is 0. The zero-order valence-corrected chi connectivity index (χ0v) is 12.6. The molecule has 0 aromatic carbocycles. The molecule has 0 aliphatic heterocycles. The highest BCUT2D eigenvalue weighted by Gasteiger charge is 2.17. The lowest BCUT2D eigenvalue weighted by molar-refractivity contribution is 0.878. The van der Waals surface area contributed by atoms with Crippen molar-refractivity contribution in [2.75, 3.05) is 0 Å². The summed E-state index contributed by atoms with van der Waals surface area (Å²) in [5, 5.41) is 12.5. The number of hydrogen-bond donors (Lipinski definition) is 0. The Hall–Kier alpha value is -3.54. The normalized spacial score (nSPS) is 10.5. The predicted molar refractivity (Wildman–Crippen MR) is 89.5 cm³/mol. The molecule has 0 aliphatic rings. The highest BCUT2D eigenvalue weighted by molar-refractivity contribution is 5.90.